The molecule has 2 fully saturated rings. The molecule has 8 heteroatoms. The summed E-state index contributed by atoms with van der Waals surface area (Å²) in [6.07, 6.45) is 5.11. The quantitative estimate of drug-likeness (QED) is 0.477. The molecule has 1 saturated carbocycles. The highest BCUT2D eigenvalue weighted by molar-refractivity contribution is 7.22. The molecule has 180 valence electrons. The van der Waals surface area contributed by atoms with Crippen molar-refractivity contribution in [2.24, 2.45) is 0 Å². The fourth-order valence-corrected chi connectivity index (χ4v) is 5.78. The second-order valence-corrected chi connectivity index (χ2v) is 10.8. The van der Waals surface area contributed by atoms with E-state index in [1.807, 2.05) is 25.3 Å². The highest BCUT2D eigenvalue weighted by atomic mass is 32.1. The number of aryl methyl sites for hydroxylation is 1. The summed E-state index contributed by atoms with van der Waals surface area (Å²) in [7, 11) is 2.20. The minimum absolute atomic E-state index is 0.0221. The SMILES string of the molecule is Cc1cnc(NCCCN2CCN(C)C[C@@H]2C)nc1-c1cc2c(C(=O)NC3CC3)cccc2s1. The lowest BCUT2D eigenvalue weighted by Crippen LogP contribution is -2.50. The van der Waals surface area contributed by atoms with Crippen LogP contribution in [0.5, 0.6) is 0 Å². The number of likely N-dealkylation sites (N-methyl/N-ethyl adjacent to an activating group) is 1. The first kappa shape index (κ1) is 23.2. The lowest BCUT2D eigenvalue weighted by molar-refractivity contribution is 0.0952. The summed E-state index contributed by atoms with van der Waals surface area (Å²) < 4.78 is 1.10. The zero-order chi connectivity index (χ0) is 23.7. The number of piperazine rings is 1. The van der Waals surface area contributed by atoms with E-state index in [0.717, 1.165) is 83.8 Å². The normalized spacial score (nSPS) is 19.4. The lowest BCUT2D eigenvalue weighted by atomic mass is 10.1. The Morgan fingerprint density at radius 2 is 2.12 bits per heavy atom. The molecule has 0 spiro atoms. The number of nitrogens with zero attached hydrogens (tertiary/aromatic N) is 4. The number of fused-ring (bicyclic) bond motifs is 1. The first-order chi connectivity index (χ1) is 16.5. The number of benzene rings is 1. The molecule has 2 aliphatic rings. The number of carbonyl (C=O) groups excluding carboxylic acids is 1. The van der Waals surface area contributed by atoms with E-state index in [9.17, 15) is 4.79 Å². The molecule has 3 aromatic rings. The van der Waals surface area contributed by atoms with Crippen LogP contribution in [0.3, 0.4) is 0 Å². The number of hydrogen-bond donors (Lipinski definition) is 2. The monoisotopic (exact) mass is 478 g/mol. The van der Waals surface area contributed by atoms with Crippen LogP contribution in [0, 0.1) is 6.92 Å². The highest BCUT2D eigenvalue weighted by Crippen LogP contribution is 2.36. The van der Waals surface area contributed by atoms with Crippen molar-refractivity contribution in [1.29, 1.82) is 0 Å². The average molecular weight is 479 g/mol. The van der Waals surface area contributed by atoms with Crippen molar-refractivity contribution in [1.82, 2.24) is 25.1 Å². The van der Waals surface area contributed by atoms with Gasteiger partial charge in [0.15, 0.2) is 0 Å². The van der Waals surface area contributed by atoms with Gasteiger partial charge in [-0.15, -0.1) is 11.3 Å². The zero-order valence-corrected chi connectivity index (χ0v) is 21.1. The van der Waals surface area contributed by atoms with E-state index in [4.69, 9.17) is 4.98 Å². The van der Waals surface area contributed by atoms with Crippen molar-refractivity contribution in [3.05, 3.63) is 41.6 Å². The van der Waals surface area contributed by atoms with E-state index in [0.29, 0.717) is 18.0 Å². The standard InChI is InChI=1S/C26H34N6OS/c1-17-15-28-26(27-10-5-11-32-13-12-31(3)16-18(32)2)30-24(17)23-14-21-20(6-4-7-22(21)34-23)25(33)29-19-8-9-19/h4,6-7,14-15,18-19H,5,8-13,16H2,1-3H3,(H,29,33)(H,27,28,30)/t18-/m0/s1. The van der Waals surface area contributed by atoms with Crippen LogP contribution in [0.4, 0.5) is 5.95 Å². The largest absolute Gasteiger partial charge is 0.354 e. The first-order valence-electron chi connectivity index (χ1n) is 12.3. The van der Waals surface area contributed by atoms with Crippen LogP contribution in [-0.2, 0) is 0 Å². The van der Waals surface area contributed by atoms with Gasteiger partial charge in [-0.25, -0.2) is 9.97 Å². The Labute approximate surface area is 205 Å². The van der Waals surface area contributed by atoms with E-state index >= 15 is 0 Å². The van der Waals surface area contributed by atoms with Gasteiger partial charge in [0.25, 0.3) is 5.91 Å². The number of aromatic nitrogens is 2. The van der Waals surface area contributed by atoms with Crippen LogP contribution in [0.2, 0.25) is 0 Å². The predicted molar refractivity (Wildman–Crippen MR) is 140 cm³/mol. The Bertz CT molecular complexity index is 1170. The lowest BCUT2D eigenvalue weighted by Gasteiger charge is -2.38. The zero-order valence-electron chi connectivity index (χ0n) is 20.3. The molecule has 1 atom stereocenters. The maximum Gasteiger partial charge on any atom is 0.252 e. The van der Waals surface area contributed by atoms with Crippen molar-refractivity contribution >= 4 is 33.3 Å². The molecule has 2 N–H and O–H groups in total. The van der Waals surface area contributed by atoms with Crippen LogP contribution >= 0.6 is 11.3 Å². The van der Waals surface area contributed by atoms with Gasteiger partial charge in [0.2, 0.25) is 5.95 Å². The van der Waals surface area contributed by atoms with Crippen molar-refractivity contribution in [2.75, 3.05) is 45.1 Å². The molecule has 34 heavy (non-hydrogen) atoms. The van der Waals surface area contributed by atoms with Gasteiger partial charge in [-0.05, 0) is 63.9 Å². The molecule has 1 aromatic carbocycles. The second-order valence-electron chi connectivity index (χ2n) is 9.73. The Hall–Kier alpha value is -2.55. The van der Waals surface area contributed by atoms with Crippen LogP contribution in [0.15, 0.2) is 30.5 Å². The summed E-state index contributed by atoms with van der Waals surface area (Å²) in [6.45, 7) is 9.69. The van der Waals surface area contributed by atoms with E-state index in [1.165, 1.54) is 0 Å². The molecular formula is C26H34N6OS. The van der Waals surface area contributed by atoms with Crippen LogP contribution in [-0.4, -0.2) is 77.5 Å². The Kier molecular flexibility index (Phi) is 6.81. The van der Waals surface area contributed by atoms with Gasteiger partial charge in [0.1, 0.15) is 0 Å². The summed E-state index contributed by atoms with van der Waals surface area (Å²) in [5, 5.41) is 7.53. The molecule has 0 bridgehead atoms. The second kappa shape index (κ2) is 9.98. The summed E-state index contributed by atoms with van der Waals surface area (Å²) in [5.41, 5.74) is 2.71. The molecule has 1 aliphatic heterocycles. The number of rotatable bonds is 8. The molecule has 0 radical (unpaired) electrons. The third-order valence-corrected chi connectivity index (χ3v) is 7.90. The van der Waals surface area contributed by atoms with Crippen LogP contribution in [0.1, 0.15) is 42.1 Å². The van der Waals surface area contributed by atoms with E-state index < -0.39 is 0 Å². The maximum absolute atomic E-state index is 12.7. The fraction of sp³-hybridized carbons (Fsp3) is 0.500. The molecule has 7 nitrogen and oxygen atoms in total. The molecule has 1 saturated heterocycles. The number of anilines is 1. The minimum Gasteiger partial charge on any atom is -0.354 e. The number of carbonyl (C=O) groups is 1. The topological polar surface area (TPSA) is 73.4 Å². The van der Waals surface area contributed by atoms with E-state index in [2.05, 4.69) is 51.5 Å². The maximum atomic E-state index is 12.7. The number of hydrogen-bond acceptors (Lipinski definition) is 7. The van der Waals surface area contributed by atoms with Crippen molar-refractivity contribution in [2.45, 2.75) is 45.2 Å². The predicted octanol–water partition coefficient (Wildman–Crippen LogP) is 4.00. The Morgan fingerprint density at radius 1 is 1.26 bits per heavy atom. The molecule has 5 rings (SSSR count). The third-order valence-electron chi connectivity index (χ3n) is 6.80. The van der Waals surface area contributed by atoms with Gasteiger partial charge in [0, 0.05) is 66.7 Å². The van der Waals surface area contributed by atoms with Crippen molar-refractivity contribution < 1.29 is 4.79 Å². The number of thiophene rings is 1. The van der Waals surface area contributed by atoms with Gasteiger partial charge >= 0.3 is 0 Å². The van der Waals surface area contributed by atoms with Gasteiger partial charge < -0.3 is 15.5 Å². The van der Waals surface area contributed by atoms with Crippen LogP contribution in [0.25, 0.3) is 20.7 Å². The summed E-state index contributed by atoms with van der Waals surface area (Å²) >= 11 is 1.68. The van der Waals surface area contributed by atoms with Gasteiger partial charge in [-0.3, -0.25) is 9.69 Å². The van der Waals surface area contributed by atoms with Crippen molar-refractivity contribution in [3.63, 3.8) is 0 Å². The van der Waals surface area contributed by atoms with Crippen molar-refractivity contribution in [3.8, 4) is 10.6 Å². The Balaban J connectivity index is 1.26. The fourth-order valence-electron chi connectivity index (χ4n) is 4.63. The highest BCUT2D eigenvalue weighted by Gasteiger charge is 2.25. The summed E-state index contributed by atoms with van der Waals surface area (Å²) in [5.74, 6) is 0.685. The Morgan fingerprint density at radius 3 is 2.91 bits per heavy atom. The molecule has 3 heterocycles. The summed E-state index contributed by atoms with van der Waals surface area (Å²) in [6, 6.07) is 9.01. The molecule has 0 unspecified atom stereocenters. The first-order valence-corrected chi connectivity index (χ1v) is 13.1. The van der Waals surface area contributed by atoms with Crippen LogP contribution < -0.4 is 10.6 Å². The molecule has 2 aromatic heterocycles. The number of nitrogens with one attached hydrogen (secondary N) is 2. The minimum atomic E-state index is 0.0221. The number of amides is 1. The van der Waals surface area contributed by atoms with Gasteiger partial charge in [-0.1, -0.05) is 6.07 Å². The van der Waals surface area contributed by atoms with E-state index in [-0.39, 0.29) is 5.91 Å². The van der Waals surface area contributed by atoms with Gasteiger partial charge in [0.05, 0.1) is 10.6 Å². The molecule has 1 aliphatic carbocycles. The van der Waals surface area contributed by atoms with E-state index in [1.54, 1.807) is 11.3 Å². The smallest absolute Gasteiger partial charge is 0.252 e. The average Bonchev–Trinajstić information content (AvgIpc) is 3.52. The third kappa shape index (κ3) is 5.24. The van der Waals surface area contributed by atoms with Gasteiger partial charge in [-0.2, -0.15) is 0 Å². The summed E-state index contributed by atoms with van der Waals surface area (Å²) in [4.78, 5) is 28.1. The molecule has 1 amide bonds. The molecular weight excluding hydrogens is 444 g/mol.